The van der Waals surface area contributed by atoms with E-state index in [1.807, 2.05) is 0 Å². The molecule has 1 fully saturated rings. The fourth-order valence-electron chi connectivity index (χ4n) is 2.68. The smallest absolute Gasteiger partial charge is 0.312 e. The van der Waals surface area contributed by atoms with Crippen LogP contribution in [0.4, 0.5) is 11.5 Å². The molecule has 1 saturated carbocycles. The zero-order chi connectivity index (χ0) is 15.5. The van der Waals surface area contributed by atoms with Gasteiger partial charge in [-0.2, -0.15) is 4.98 Å². The molecule has 8 heteroatoms. The lowest BCUT2D eigenvalue weighted by molar-refractivity contribution is -0.384. The fraction of sp³-hybridized carbons (Fsp3) is 0.500. The van der Waals surface area contributed by atoms with Gasteiger partial charge in [-0.15, -0.1) is 0 Å². The highest BCUT2D eigenvalue weighted by molar-refractivity contribution is 5.65. The van der Waals surface area contributed by atoms with Gasteiger partial charge in [-0.3, -0.25) is 10.1 Å². The van der Waals surface area contributed by atoms with Crippen molar-refractivity contribution in [3.63, 3.8) is 0 Å². The van der Waals surface area contributed by atoms with Crippen LogP contribution in [0, 0.1) is 17.0 Å². The summed E-state index contributed by atoms with van der Waals surface area (Å²) in [5, 5.41) is 18.2. The number of hydrogen-bond donors (Lipinski definition) is 1. The minimum Gasteiger partial charge on any atom is -0.362 e. The third-order valence-corrected chi connectivity index (χ3v) is 3.78. The molecule has 0 radical (unpaired) electrons. The molecule has 0 amide bonds. The molecule has 2 aromatic rings. The largest absolute Gasteiger partial charge is 0.362 e. The molecule has 2 heterocycles. The molecule has 22 heavy (non-hydrogen) atoms. The average Bonchev–Trinajstić information content (AvgIpc) is 2.95. The van der Waals surface area contributed by atoms with Gasteiger partial charge in [0.2, 0.25) is 5.82 Å². The Kier molecular flexibility index (Phi) is 3.99. The molecular weight excluding hydrogens is 286 g/mol. The number of pyridine rings is 1. The van der Waals surface area contributed by atoms with Crippen LogP contribution in [0.5, 0.6) is 0 Å². The first-order valence-corrected chi connectivity index (χ1v) is 7.35. The Balaban J connectivity index is 1.88. The maximum atomic E-state index is 11.3. The molecule has 0 aromatic carbocycles. The van der Waals surface area contributed by atoms with Crippen molar-refractivity contribution < 1.29 is 9.45 Å². The number of nitrogens with zero attached hydrogens (tertiary/aromatic N) is 4. The molecule has 1 N–H and O–H groups in total. The number of hydrogen-bond acceptors (Lipinski definition) is 7. The maximum absolute atomic E-state index is 11.3. The van der Waals surface area contributed by atoms with Gasteiger partial charge in [0.15, 0.2) is 5.82 Å². The molecule has 116 valence electrons. The first-order valence-electron chi connectivity index (χ1n) is 7.35. The lowest BCUT2D eigenvalue weighted by Crippen LogP contribution is -2.23. The van der Waals surface area contributed by atoms with Gasteiger partial charge >= 0.3 is 5.69 Å². The highest BCUT2D eigenvalue weighted by atomic mass is 16.6. The first kappa shape index (κ1) is 14.4. The summed E-state index contributed by atoms with van der Waals surface area (Å²) in [5.74, 6) is 1.01. The van der Waals surface area contributed by atoms with Gasteiger partial charge in [0.1, 0.15) is 0 Å². The summed E-state index contributed by atoms with van der Waals surface area (Å²) < 4.78 is 5.03. The Morgan fingerprint density at radius 2 is 2.14 bits per heavy atom. The van der Waals surface area contributed by atoms with Crippen LogP contribution >= 0.6 is 0 Å². The third kappa shape index (κ3) is 3.05. The zero-order valence-electron chi connectivity index (χ0n) is 12.3. The fourth-order valence-corrected chi connectivity index (χ4v) is 2.68. The van der Waals surface area contributed by atoms with Crippen molar-refractivity contribution >= 4 is 11.5 Å². The summed E-state index contributed by atoms with van der Waals surface area (Å²) in [6, 6.07) is 1.67. The molecule has 1 aliphatic carbocycles. The summed E-state index contributed by atoms with van der Waals surface area (Å²) in [6.07, 6.45) is 7.07. The third-order valence-electron chi connectivity index (χ3n) is 3.78. The van der Waals surface area contributed by atoms with E-state index in [2.05, 4.69) is 20.4 Å². The van der Waals surface area contributed by atoms with E-state index < -0.39 is 4.92 Å². The van der Waals surface area contributed by atoms with Crippen molar-refractivity contribution in [3.8, 4) is 11.5 Å². The van der Waals surface area contributed by atoms with E-state index in [1.54, 1.807) is 6.92 Å². The minimum atomic E-state index is -0.440. The van der Waals surface area contributed by atoms with Crippen molar-refractivity contribution in [2.45, 2.75) is 45.1 Å². The highest BCUT2D eigenvalue weighted by Gasteiger charge is 2.22. The molecule has 0 aliphatic heterocycles. The van der Waals surface area contributed by atoms with Crippen LogP contribution in [-0.4, -0.2) is 26.1 Å². The predicted molar refractivity (Wildman–Crippen MR) is 79.4 cm³/mol. The Morgan fingerprint density at radius 3 is 2.77 bits per heavy atom. The lowest BCUT2D eigenvalue weighted by Gasteiger charge is -2.23. The molecule has 1 aliphatic rings. The van der Waals surface area contributed by atoms with Crippen LogP contribution in [0.1, 0.15) is 37.9 Å². The van der Waals surface area contributed by atoms with Gasteiger partial charge in [0.05, 0.1) is 10.5 Å². The van der Waals surface area contributed by atoms with Gasteiger partial charge in [0, 0.05) is 18.3 Å². The molecule has 0 bridgehead atoms. The van der Waals surface area contributed by atoms with E-state index >= 15 is 0 Å². The quantitative estimate of drug-likeness (QED) is 0.683. The molecular formula is C14H17N5O3. The lowest BCUT2D eigenvalue weighted by atomic mass is 9.95. The van der Waals surface area contributed by atoms with Gasteiger partial charge < -0.3 is 9.84 Å². The van der Waals surface area contributed by atoms with Gasteiger partial charge in [-0.05, 0) is 19.8 Å². The monoisotopic (exact) mass is 303 g/mol. The maximum Gasteiger partial charge on any atom is 0.312 e. The minimum absolute atomic E-state index is 0.0704. The molecule has 0 atom stereocenters. The predicted octanol–water partition coefficient (Wildman–Crippen LogP) is 3.09. The van der Waals surface area contributed by atoms with Crippen molar-refractivity contribution in [1.29, 1.82) is 0 Å². The van der Waals surface area contributed by atoms with Crippen molar-refractivity contribution in [2.75, 3.05) is 5.32 Å². The van der Waals surface area contributed by atoms with E-state index in [4.69, 9.17) is 4.52 Å². The second kappa shape index (κ2) is 6.08. The van der Waals surface area contributed by atoms with Crippen LogP contribution in [-0.2, 0) is 0 Å². The zero-order valence-corrected chi connectivity index (χ0v) is 12.3. The Bertz CT molecular complexity index is 679. The van der Waals surface area contributed by atoms with E-state index in [0.29, 0.717) is 17.2 Å². The number of anilines is 1. The number of rotatable bonds is 4. The summed E-state index contributed by atoms with van der Waals surface area (Å²) in [4.78, 5) is 19.1. The highest BCUT2D eigenvalue weighted by Crippen LogP contribution is 2.30. The second-order valence-electron chi connectivity index (χ2n) is 5.47. The van der Waals surface area contributed by atoms with Gasteiger partial charge in [-0.1, -0.05) is 24.4 Å². The van der Waals surface area contributed by atoms with Crippen LogP contribution in [0.2, 0.25) is 0 Å². The normalized spacial score (nSPS) is 15.7. The molecule has 0 spiro atoms. The molecule has 8 nitrogen and oxygen atoms in total. The van der Waals surface area contributed by atoms with Crippen molar-refractivity contribution in [1.82, 2.24) is 15.1 Å². The van der Waals surface area contributed by atoms with E-state index in [0.717, 1.165) is 25.7 Å². The summed E-state index contributed by atoms with van der Waals surface area (Å²) in [7, 11) is 0. The van der Waals surface area contributed by atoms with E-state index in [-0.39, 0.29) is 17.6 Å². The topological polar surface area (TPSA) is 107 Å². The first-order chi connectivity index (χ1) is 10.6. The van der Waals surface area contributed by atoms with E-state index in [9.17, 15) is 10.1 Å². The number of nitro groups is 1. The van der Waals surface area contributed by atoms with Crippen LogP contribution in [0.3, 0.4) is 0 Å². The van der Waals surface area contributed by atoms with Gasteiger partial charge in [-0.25, -0.2) is 4.98 Å². The van der Waals surface area contributed by atoms with Crippen LogP contribution in [0.25, 0.3) is 11.5 Å². The Hall–Kier alpha value is -2.51. The Morgan fingerprint density at radius 1 is 1.36 bits per heavy atom. The molecule has 0 saturated heterocycles. The van der Waals surface area contributed by atoms with Crippen LogP contribution < -0.4 is 5.32 Å². The van der Waals surface area contributed by atoms with Crippen molar-refractivity contribution in [2.24, 2.45) is 0 Å². The molecule has 2 aromatic heterocycles. The van der Waals surface area contributed by atoms with E-state index in [1.165, 1.54) is 18.7 Å². The van der Waals surface area contributed by atoms with Crippen LogP contribution in [0.15, 0.2) is 16.8 Å². The Labute approximate surface area is 127 Å². The van der Waals surface area contributed by atoms with Gasteiger partial charge in [0.25, 0.3) is 5.89 Å². The standard InChI is InChI=1S/C14H17N5O3/c1-9-16-14(22-18-9)10-7-12(19(20)21)13(15-8-10)17-11-5-3-2-4-6-11/h7-8,11H,2-6H2,1H3,(H,15,17). The number of aryl methyl sites for hydroxylation is 1. The number of nitrogens with one attached hydrogen (secondary N) is 1. The number of aromatic nitrogens is 3. The van der Waals surface area contributed by atoms with Crippen molar-refractivity contribution in [3.05, 3.63) is 28.2 Å². The molecule has 3 rings (SSSR count). The second-order valence-corrected chi connectivity index (χ2v) is 5.47. The average molecular weight is 303 g/mol. The SMILES string of the molecule is Cc1noc(-c2cnc(NC3CCCCC3)c([N+](=O)[O-])c2)n1. The molecule has 0 unspecified atom stereocenters. The summed E-state index contributed by atoms with van der Waals surface area (Å²) in [6.45, 7) is 1.69. The summed E-state index contributed by atoms with van der Waals surface area (Å²) in [5.41, 5.74) is 0.375. The summed E-state index contributed by atoms with van der Waals surface area (Å²) >= 11 is 0.